The molecule has 5 heteroatoms. The number of hydrogen-bond acceptors (Lipinski definition) is 2. The molecule has 0 saturated heterocycles. The summed E-state index contributed by atoms with van der Waals surface area (Å²) < 4.78 is 21.5. The van der Waals surface area contributed by atoms with E-state index in [2.05, 4.69) is 4.98 Å². The van der Waals surface area contributed by atoms with Crippen molar-refractivity contribution in [3.05, 3.63) is 12.0 Å². The smallest absolute Gasteiger partial charge is 0.205 e. The number of nitrogens with zero attached hydrogens (tertiary/aromatic N) is 2. The van der Waals surface area contributed by atoms with Gasteiger partial charge in [-0.1, -0.05) is 0 Å². The van der Waals surface area contributed by atoms with Crippen molar-refractivity contribution >= 4 is 11.1 Å². The lowest BCUT2D eigenvalue weighted by atomic mass is 10.2. The highest BCUT2D eigenvalue weighted by atomic mass is 32.2. The summed E-state index contributed by atoms with van der Waals surface area (Å²) in [5.74, 6) is 0.943. The number of hydrogen-bond donors (Lipinski definition) is 1. The van der Waals surface area contributed by atoms with Crippen molar-refractivity contribution in [2.75, 3.05) is 0 Å². The first-order chi connectivity index (χ1) is 5.79. The van der Waals surface area contributed by atoms with Crippen LogP contribution in [0.3, 0.4) is 0 Å². The standard InChI is InChI=1S/C7H10N2O2S/c10-12(11)7-5-8-6-3-1-2-4-9(6)7/h5H,1-4H2,(H,10,11). The van der Waals surface area contributed by atoms with Gasteiger partial charge in [0.15, 0.2) is 5.03 Å². The number of imidazole rings is 1. The lowest BCUT2D eigenvalue weighted by Gasteiger charge is -2.14. The van der Waals surface area contributed by atoms with Crippen LogP contribution in [0.15, 0.2) is 11.2 Å². The predicted molar refractivity (Wildman–Crippen MR) is 44.2 cm³/mol. The first kappa shape index (κ1) is 7.94. The van der Waals surface area contributed by atoms with Crippen LogP contribution in [0.4, 0.5) is 0 Å². The minimum absolute atomic E-state index is 0.435. The number of aryl methyl sites for hydroxylation is 1. The SMILES string of the molecule is O=S(O)c1cnc2n1CCCC2. The minimum Gasteiger partial charge on any atom is -0.319 e. The average Bonchev–Trinajstić information content (AvgIpc) is 2.47. The molecule has 1 atom stereocenters. The predicted octanol–water partition coefficient (Wildman–Crippen LogP) is 0.800. The van der Waals surface area contributed by atoms with Crippen LogP contribution in [0.5, 0.6) is 0 Å². The molecule has 0 radical (unpaired) electrons. The lowest BCUT2D eigenvalue weighted by Crippen LogP contribution is -2.13. The molecule has 4 nitrogen and oxygen atoms in total. The third-order valence-corrected chi connectivity index (χ3v) is 2.80. The van der Waals surface area contributed by atoms with E-state index in [9.17, 15) is 4.21 Å². The molecule has 1 unspecified atom stereocenters. The number of rotatable bonds is 1. The Morgan fingerprint density at radius 3 is 3.17 bits per heavy atom. The van der Waals surface area contributed by atoms with Crippen LogP contribution in [0, 0.1) is 0 Å². The van der Waals surface area contributed by atoms with E-state index in [4.69, 9.17) is 4.55 Å². The van der Waals surface area contributed by atoms with Crippen LogP contribution in [-0.2, 0) is 24.0 Å². The van der Waals surface area contributed by atoms with Crippen molar-refractivity contribution in [1.82, 2.24) is 9.55 Å². The molecule has 2 rings (SSSR count). The molecule has 1 aromatic rings. The molecule has 0 fully saturated rings. The fraction of sp³-hybridized carbons (Fsp3) is 0.571. The van der Waals surface area contributed by atoms with Crippen LogP contribution >= 0.6 is 0 Å². The molecule has 2 heterocycles. The fourth-order valence-electron chi connectivity index (χ4n) is 1.53. The largest absolute Gasteiger partial charge is 0.319 e. The Kier molecular flexibility index (Phi) is 1.98. The maximum atomic E-state index is 10.8. The highest BCUT2D eigenvalue weighted by Gasteiger charge is 2.16. The minimum atomic E-state index is -1.89. The third-order valence-electron chi connectivity index (χ3n) is 2.11. The molecule has 12 heavy (non-hydrogen) atoms. The molecule has 0 saturated carbocycles. The zero-order valence-electron chi connectivity index (χ0n) is 6.56. The summed E-state index contributed by atoms with van der Waals surface area (Å²) in [7, 11) is 0. The van der Waals surface area contributed by atoms with Gasteiger partial charge in [-0.15, -0.1) is 0 Å². The van der Waals surface area contributed by atoms with Gasteiger partial charge >= 0.3 is 0 Å². The van der Waals surface area contributed by atoms with Gasteiger partial charge in [0.05, 0.1) is 6.20 Å². The average molecular weight is 186 g/mol. The second-order valence-electron chi connectivity index (χ2n) is 2.87. The molecule has 0 bridgehead atoms. The van der Waals surface area contributed by atoms with E-state index in [1.54, 1.807) is 0 Å². The molecule has 0 aromatic carbocycles. The molecule has 1 aromatic heterocycles. The highest BCUT2D eigenvalue weighted by Crippen LogP contribution is 2.17. The molecular weight excluding hydrogens is 176 g/mol. The van der Waals surface area contributed by atoms with Crippen molar-refractivity contribution in [2.45, 2.75) is 30.8 Å². The molecular formula is C7H10N2O2S. The fourth-order valence-corrected chi connectivity index (χ4v) is 2.06. The van der Waals surface area contributed by atoms with E-state index in [1.165, 1.54) is 6.20 Å². The van der Waals surface area contributed by atoms with Crippen molar-refractivity contribution in [1.29, 1.82) is 0 Å². The number of aromatic nitrogens is 2. The third kappa shape index (κ3) is 1.19. The van der Waals surface area contributed by atoms with Crippen molar-refractivity contribution in [2.24, 2.45) is 0 Å². The summed E-state index contributed by atoms with van der Waals surface area (Å²) in [5, 5.41) is 0.435. The van der Waals surface area contributed by atoms with Gasteiger partial charge in [-0.25, -0.2) is 9.19 Å². The summed E-state index contributed by atoms with van der Waals surface area (Å²) >= 11 is -1.89. The Hall–Kier alpha value is -0.680. The van der Waals surface area contributed by atoms with E-state index >= 15 is 0 Å². The summed E-state index contributed by atoms with van der Waals surface area (Å²) in [6, 6.07) is 0. The van der Waals surface area contributed by atoms with Gasteiger partial charge in [-0.2, -0.15) is 0 Å². The zero-order valence-corrected chi connectivity index (χ0v) is 7.38. The molecule has 1 aliphatic heterocycles. The van der Waals surface area contributed by atoms with E-state index < -0.39 is 11.1 Å². The van der Waals surface area contributed by atoms with E-state index in [1.807, 2.05) is 4.57 Å². The van der Waals surface area contributed by atoms with E-state index in [-0.39, 0.29) is 0 Å². The molecule has 1 aliphatic rings. The normalized spacial score (nSPS) is 18.8. The molecule has 0 aliphatic carbocycles. The van der Waals surface area contributed by atoms with Crippen LogP contribution in [0.1, 0.15) is 18.7 Å². The van der Waals surface area contributed by atoms with Crippen LogP contribution < -0.4 is 0 Å². The topological polar surface area (TPSA) is 55.1 Å². The monoisotopic (exact) mass is 186 g/mol. The molecule has 66 valence electrons. The summed E-state index contributed by atoms with van der Waals surface area (Å²) in [4.78, 5) is 4.09. The molecule has 0 amide bonds. The van der Waals surface area contributed by atoms with Gasteiger partial charge in [0, 0.05) is 13.0 Å². The second kappa shape index (κ2) is 2.99. The molecule has 0 spiro atoms. The Labute approximate surface area is 72.9 Å². The van der Waals surface area contributed by atoms with E-state index in [0.717, 1.165) is 31.6 Å². The number of fused-ring (bicyclic) bond motifs is 1. The van der Waals surface area contributed by atoms with Gasteiger partial charge in [-0.05, 0) is 12.8 Å². The highest BCUT2D eigenvalue weighted by molar-refractivity contribution is 7.79. The first-order valence-corrected chi connectivity index (χ1v) is 5.05. The van der Waals surface area contributed by atoms with E-state index in [0.29, 0.717) is 5.03 Å². The van der Waals surface area contributed by atoms with Gasteiger partial charge < -0.3 is 9.12 Å². The van der Waals surface area contributed by atoms with Gasteiger partial charge in [0.25, 0.3) is 0 Å². The van der Waals surface area contributed by atoms with Gasteiger partial charge in [-0.3, -0.25) is 0 Å². The van der Waals surface area contributed by atoms with Crippen LogP contribution in [0.25, 0.3) is 0 Å². The Morgan fingerprint density at radius 1 is 1.58 bits per heavy atom. The zero-order chi connectivity index (χ0) is 8.55. The lowest BCUT2D eigenvalue weighted by molar-refractivity contribution is 0.482. The molecule has 1 N–H and O–H groups in total. The van der Waals surface area contributed by atoms with Gasteiger partial charge in [0.2, 0.25) is 11.1 Å². The van der Waals surface area contributed by atoms with Crippen molar-refractivity contribution < 1.29 is 8.76 Å². The summed E-state index contributed by atoms with van der Waals surface area (Å²) in [6.07, 6.45) is 4.63. The Morgan fingerprint density at radius 2 is 2.42 bits per heavy atom. The maximum Gasteiger partial charge on any atom is 0.205 e. The van der Waals surface area contributed by atoms with Crippen molar-refractivity contribution in [3.63, 3.8) is 0 Å². The van der Waals surface area contributed by atoms with Crippen molar-refractivity contribution in [3.8, 4) is 0 Å². The van der Waals surface area contributed by atoms with Crippen LogP contribution in [-0.4, -0.2) is 18.3 Å². The van der Waals surface area contributed by atoms with Gasteiger partial charge in [0.1, 0.15) is 5.82 Å². The first-order valence-electron chi connectivity index (χ1n) is 3.94. The summed E-state index contributed by atoms with van der Waals surface area (Å²) in [5.41, 5.74) is 0. The quantitative estimate of drug-likeness (QED) is 0.660. The maximum absolute atomic E-state index is 10.8. The Bertz CT molecular complexity index is 321. The van der Waals surface area contributed by atoms with Crippen LogP contribution in [0.2, 0.25) is 0 Å². The summed E-state index contributed by atoms with van der Waals surface area (Å²) in [6.45, 7) is 0.830. The Balaban J connectivity index is 2.44. The second-order valence-corrected chi connectivity index (χ2v) is 3.79.